The zero-order chi connectivity index (χ0) is 20.1. The molecule has 3 N–H and O–H groups in total. The van der Waals surface area contributed by atoms with Crippen molar-refractivity contribution in [3.05, 3.63) is 47.3 Å². The van der Waals surface area contributed by atoms with Crippen molar-refractivity contribution in [3.8, 4) is 11.7 Å². The first-order chi connectivity index (χ1) is 13.5. The molecule has 9 nitrogen and oxygen atoms in total. The number of nitrogens with one attached hydrogen (secondary N) is 1. The number of hydrogen-bond acceptors (Lipinski definition) is 7. The number of nitrogens with zero attached hydrogens (tertiary/aromatic N) is 5. The third-order valence-corrected chi connectivity index (χ3v) is 5.02. The number of aromatic nitrogens is 5. The van der Waals surface area contributed by atoms with E-state index in [1.165, 1.54) is 16.4 Å². The summed E-state index contributed by atoms with van der Waals surface area (Å²) in [6, 6.07) is 9.70. The summed E-state index contributed by atoms with van der Waals surface area (Å²) in [4.78, 5) is 12.1. The number of hydrogen-bond donors (Lipinski definition) is 2. The molecule has 2 heterocycles. The van der Waals surface area contributed by atoms with E-state index in [4.69, 9.17) is 10.6 Å². The van der Waals surface area contributed by atoms with Gasteiger partial charge in [0.25, 0.3) is 5.95 Å². The molecule has 0 bridgehead atoms. The fraction of sp³-hybridized carbons (Fsp3) is 0.333. The Morgan fingerprint density at radius 3 is 2.64 bits per heavy atom. The molecule has 10 heteroatoms. The summed E-state index contributed by atoms with van der Waals surface area (Å²) >= 11 is 1.23. The fourth-order valence-corrected chi connectivity index (χ4v) is 3.34. The standard InChI is InChI=1S/C18H23N7O2S/c1-12-10-13(2)25(23-12)17-21-22-18(24(17)19)28-11-16(26)20-9-8-14-4-6-15(27-3)7-5-14/h4-7,10H,8-9,11,19H2,1-3H3,(H,20,26). The summed E-state index contributed by atoms with van der Waals surface area (Å²) in [6.45, 7) is 4.36. The molecule has 0 spiro atoms. The first-order valence-electron chi connectivity index (χ1n) is 8.74. The third-order valence-electron chi connectivity index (χ3n) is 4.07. The molecule has 2 aromatic heterocycles. The van der Waals surface area contributed by atoms with Crippen molar-refractivity contribution in [1.82, 2.24) is 30.0 Å². The van der Waals surface area contributed by atoms with Gasteiger partial charge in [0.15, 0.2) is 0 Å². The molecule has 0 aliphatic carbocycles. The van der Waals surface area contributed by atoms with Crippen LogP contribution in [0.2, 0.25) is 0 Å². The molecule has 3 aromatic rings. The van der Waals surface area contributed by atoms with Crippen LogP contribution < -0.4 is 15.9 Å². The molecule has 0 fully saturated rings. The van der Waals surface area contributed by atoms with Gasteiger partial charge < -0.3 is 15.9 Å². The molecule has 0 saturated carbocycles. The number of carbonyl (C=O) groups is 1. The van der Waals surface area contributed by atoms with E-state index in [0.29, 0.717) is 17.6 Å². The fourth-order valence-electron chi connectivity index (χ4n) is 2.66. The number of methoxy groups -OCH3 is 1. The lowest BCUT2D eigenvalue weighted by Crippen LogP contribution is -2.27. The van der Waals surface area contributed by atoms with Gasteiger partial charge >= 0.3 is 0 Å². The van der Waals surface area contributed by atoms with E-state index >= 15 is 0 Å². The molecule has 1 amide bonds. The van der Waals surface area contributed by atoms with Crippen molar-refractivity contribution in [2.75, 3.05) is 25.3 Å². The number of aryl methyl sites for hydroxylation is 2. The molecular weight excluding hydrogens is 378 g/mol. The van der Waals surface area contributed by atoms with Gasteiger partial charge in [0, 0.05) is 12.2 Å². The van der Waals surface area contributed by atoms with Crippen molar-refractivity contribution in [2.24, 2.45) is 0 Å². The van der Waals surface area contributed by atoms with Crippen LogP contribution in [0.25, 0.3) is 5.95 Å². The van der Waals surface area contributed by atoms with Crippen molar-refractivity contribution in [2.45, 2.75) is 25.4 Å². The topological polar surface area (TPSA) is 113 Å². The van der Waals surface area contributed by atoms with E-state index in [9.17, 15) is 4.79 Å². The average Bonchev–Trinajstić information content (AvgIpc) is 3.21. The van der Waals surface area contributed by atoms with Crippen LogP contribution >= 0.6 is 11.8 Å². The summed E-state index contributed by atoms with van der Waals surface area (Å²) in [6.07, 6.45) is 0.746. The molecule has 148 valence electrons. The maximum absolute atomic E-state index is 12.1. The number of carbonyl (C=O) groups excluding carboxylic acids is 1. The quantitative estimate of drug-likeness (QED) is 0.431. The highest BCUT2D eigenvalue weighted by Gasteiger charge is 2.15. The molecule has 0 saturated heterocycles. The second kappa shape index (κ2) is 8.79. The molecule has 28 heavy (non-hydrogen) atoms. The molecule has 0 unspecified atom stereocenters. The zero-order valence-corrected chi connectivity index (χ0v) is 16.9. The molecule has 0 radical (unpaired) electrons. The maximum Gasteiger partial charge on any atom is 0.271 e. The van der Waals surface area contributed by atoms with Gasteiger partial charge in [0.1, 0.15) is 5.75 Å². The Hall–Kier alpha value is -3.01. The van der Waals surface area contributed by atoms with E-state index in [1.807, 2.05) is 44.2 Å². The molecular formula is C18H23N7O2S. The van der Waals surface area contributed by atoms with Crippen LogP contribution in [0.3, 0.4) is 0 Å². The Labute approximate surface area is 167 Å². The van der Waals surface area contributed by atoms with Crippen LogP contribution in [0, 0.1) is 13.8 Å². The molecule has 0 aliphatic rings. The Balaban J connectivity index is 1.48. The van der Waals surface area contributed by atoms with Crippen LogP contribution in [0.5, 0.6) is 5.75 Å². The van der Waals surface area contributed by atoms with Crippen molar-refractivity contribution >= 4 is 17.7 Å². The van der Waals surface area contributed by atoms with Gasteiger partial charge in [-0.3, -0.25) is 4.79 Å². The molecule has 3 rings (SSSR count). The monoisotopic (exact) mass is 401 g/mol. The predicted octanol–water partition coefficient (Wildman–Crippen LogP) is 1.25. The second-order valence-electron chi connectivity index (χ2n) is 6.23. The van der Waals surface area contributed by atoms with E-state index in [-0.39, 0.29) is 11.7 Å². The number of thioether (sulfide) groups is 1. The van der Waals surface area contributed by atoms with E-state index in [1.54, 1.807) is 11.8 Å². The van der Waals surface area contributed by atoms with Crippen molar-refractivity contribution in [3.63, 3.8) is 0 Å². The largest absolute Gasteiger partial charge is 0.497 e. The lowest BCUT2D eigenvalue weighted by Gasteiger charge is -2.07. The molecule has 0 atom stereocenters. The van der Waals surface area contributed by atoms with Gasteiger partial charge in [-0.1, -0.05) is 23.9 Å². The SMILES string of the molecule is COc1ccc(CCNC(=O)CSc2nnc(-n3nc(C)cc3C)n2N)cc1. The van der Waals surface area contributed by atoms with Crippen LogP contribution in [0.15, 0.2) is 35.5 Å². The smallest absolute Gasteiger partial charge is 0.271 e. The predicted molar refractivity (Wildman–Crippen MR) is 107 cm³/mol. The highest BCUT2D eigenvalue weighted by Crippen LogP contribution is 2.17. The summed E-state index contributed by atoms with van der Waals surface area (Å²) < 4.78 is 8.10. The van der Waals surface area contributed by atoms with E-state index in [2.05, 4.69) is 20.6 Å². The van der Waals surface area contributed by atoms with Crippen LogP contribution in [0.4, 0.5) is 0 Å². The summed E-state index contributed by atoms with van der Waals surface area (Å²) in [5.41, 5.74) is 2.90. The first-order valence-corrected chi connectivity index (χ1v) is 9.73. The molecule has 1 aromatic carbocycles. The minimum Gasteiger partial charge on any atom is -0.497 e. The average molecular weight is 401 g/mol. The minimum absolute atomic E-state index is 0.0887. The normalized spacial score (nSPS) is 10.8. The number of rotatable bonds is 8. The van der Waals surface area contributed by atoms with Gasteiger partial charge in [-0.25, -0.2) is 9.36 Å². The Kier molecular flexibility index (Phi) is 6.19. The van der Waals surface area contributed by atoms with Crippen LogP contribution in [-0.2, 0) is 11.2 Å². The second-order valence-corrected chi connectivity index (χ2v) is 7.17. The van der Waals surface area contributed by atoms with E-state index in [0.717, 1.165) is 29.1 Å². The summed E-state index contributed by atoms with van der Waals surface area (Å²) in [5.74, 6) is 7.41. The van der Waals surface area contributed by atoms with Crippen LogP contribution in [-0.4, -0.2) is 50.0 Å². The third kappa shape index (κ3) is 4.63. The lowest BCUT2D eigenvalue weighted by atomic mass is 10.1. The first kappa shape index (κ1) is 19.7. The Morgan fingerprint density at radius 1 is 1.25 bits per heavy atom. The van der Waals surface area contributed by atoms with Crippen molar-refractivity contribution < 1.29 is 9.53 Å². The van der Waals surface area contributed by atoms with E-state index < -0.39 is 0 Å². The number of benzene rings is 1. The number of amides is 1. The lowest BCUT2D eigenvalue weighted by molar-refractivity contribution is -0.118. The van der Waals surface area contributed by atoms with Crippen molar-refractivity contribution in [1.29, 1.82) is 0 Å². The molecule has 0 aliphatic heterocycles. The van der Waals surface area contributed by atoms with Gasteiger partial charge in [-0.2, -0.15) is 5.10 Å². The highest BCUT2D eigenvalue weighted by atomic mass is 32.2. The number of nitrogens with two attached hydrogens (primary N) is 1. The highest BCUT2D eigenvalue weighted by molar-refractivity contribution is 7.99. The summed E-state index contributed by atoms with van der Waals surface area (Å²) in [5, 5.41) is 15.8. The Bertz CT molecular complexity index is 950. The van der Waals surface area contributed by atoms with Crippen LogP contribution in [0.1, 0.15) is 17.0 Å². The van der Waals surface area contributed by atoms with Gasteiger partial charge in [0.2, 0.25) is 11.1 Å². The minimum atomic E-state index is -0.0887. The van der Waals surface area contributed by atoms with Gasteiger partial charge in [-0.05, 0) is 44.0 Å². The zero-order valence-electron chi connectivity index (χ0n) is 16.0. The van der Waals surface area contributed by atoms with Gasteiger partial charge in [-0.15, -0.1) is 10.2 Å². The Morgan fingerprint density at radius 2 is 2.00 bits per heavy atom. The van der Waals surface area contributed by atoms with Gasteiger partial charge in [0.05, 0.1) is 18.6 Å². The number of ether oxygens (including phenoxy) is 1. The number of nitrogen functional groups attached to an aromatic ring is 1. The summed E-state index contributed by atoms with van der Waals surface area (Å²) in [7, 11) is 1.63. The maximum atomic E-state index is 12.1.